The predicted octanol–water partition coefficient (Wildman–Crippen LogP) is 1.63. The summed E-state index contributed by atoms with van der Waals surface area (Å²) >= 11 is 0. The molecule has 3 N–H and O–H groups in total. The number of carbonyl (C=O) groups is 3. The molecule has 0 heterocycles. The van der Waals surface area contributed by atoms with Crippen molar-refractivity contribution >= 4 is 17.7 Å². The van der Waals surface area contributed by atoms with Crippen LogP contribution in [-0.4, -0.2) is 24.3 Å². The highest BCUT2D eigenvalue weighted by atomic mass is 19.1. The summed E-state index contributed by atoms with van der Waals surface area (Å²) < 4.78 is 13.4. The first-order valence-electron chi connectivity index (χ1n) is 7.57. The molecule has 0 radical (unpaired) electrons. The van der Waals surface area contributed by atoms with Gasteiger partial charge in [-0.3, -0.25) is 25.2 Å². The molecular weight excluding hydrogens is 325 g/mol. The van der Waals surface area contributed by atoms with E-state index >= 15 is 0 Å². The summed E-state index contributed by atoms with van der Waals surface area (Å²) in [5.74, 6) is -2.52. The van der Waals surface area contributed by atoms with Gasteiger partial charge in [0.25, 0.3) is 17.7 Å². The first-order chi connectivity index (χ1) is 11.9. The molecule has 2 aromatic carbocycles. The van der Waals surface area contributed by atoms with Crippen LogP contribution in [0.25, 0.3) is 0 Å². The molecule has 0 saturated heterocycles. The van der Waals surface area contributed by atoms with Gasteiger partial charge in [0.05, 0.1) is 12.1 Å². The zero-order valence-corrected chi connectivity index (χ0v) is 13.9. The van der Waals surface area contributed by atoms with Crippen molar-refractivity contribution < 1.29 is 18.8 Å². The lowest BCUT2D eigenvalue weighted by Gasteiger charge is -2.09. The Labute approximate surface area is 144 Å². The molecule has 0 saturated carbocycles. The van der Waals surface area contributed by atoms with Crippen LogP contribution in [0.2, 0.25) is 0 Å². The molecular formula is C18H18FN3O3. The molecule has 0 aliphatic rings. The average Bonchev–Trinajstić information content (AvgIpc) is 2.60. The van der Waals surface area contributed by atoms with Gasteiger partial charge in [-0.15, -0.1) is 0 Å². The van der Waals surface area contributed by atoms with E-state index in [-0.39, 0.29) is 12.1 Å². The zero-order chi connectivity index (χ0) is 18.4. The lowest BCUT2D eigenvalue weighted by atomic mass is 10.1. The summed E-state index contributed by atoms with van der Waals surface area (Å²) in [6, 6.07) is 10.6. The SMILES string of the molecule is Cc1ccc(C(=O)NCC(=O)NNC(=O)c2ccccc2F)cc1C. The highest BCUT2D eigenvalue weighted by Gasteiger charge is 2.12. The third-order valence-corrected chi connectivity index (χ3v) is 3.61. The first-order valence-corrected chi connectivity index (χ1v) is 7.57. The summed E-state index contributed by atoms with van der Waals surface area (Å²) in [7, 11) is 0. The number of hydrogen-bond donors (Lipinski definition) is 3. The Bertz CT molecular complexity index is 821. The minimum absolute atomic E-state index is 0.193. The number of benzene rings is 2. The lowest BCUT2D eigenvalue weighted by molar-refractivity contribution is -0.120. The van der Waals surface area contributed by atoms with Crippen molar-refractivity contribution in [2.24, 2.45) is 0 Å². The maximum Gasteiger partial charge on any atom is 0.272 e. The topological polar surface area (TPSA) is 87.3 Å². The van der Waals surface area contributed by atoms with Crippen molar-refractivity contribution in [2.75, 3.05) is 6.54 Å². The Hall–Kier alpha value is -3.22. The number of carbonyl (C=O) groups excluding carboxylic acids is 3. The first kappa shape index (κ1) is 18.1. The normalized spacial score (nSPS) is 10.0. The minimum Gasteiger partial charge on any atom is -0.343 e. The van der Waals surface area contributed by atoms with Crippen LogP contribution < -0.4 is 16.2 Å². The van der Waals surface area contributed by atoms with Gasteiger partial charge in [0.15, 0.2) is 0 Å². The van der Waals surface area contributed by atoms with Crippen molar-refractivity contribution in [3.05, 3.63) is 70.5 Å². The van der Waals surface area contributed by atoms with Crippen molar-refractivity contribution in [1.82, 2.24) is 16.2 Å². The molecule has 3 amide bonds. The van der Waals surface area contributed by atoms with E-state index in [9.17, 15) is 18.8 Å². The average molecular weight is 343 g/mol. The summed E-state index contributed by atoms with van der Waals surface area (Å²) in [4.78, 5) is 35.4. The molecule has 0 unspecified atom stereocenters. The van der Waals surface area contributed by atoms with Crippen molar-refractivity contribution in [1.29, 1.82) is 0 Å². The van der Waals surface area contributed by atoms with Gasteiger partial charge >= 0.3 is 0 Å². The molecule has 0 bridgehead atoms. The molecule has 6 nitrogen and oxygen atoms in total. The maximum atomic E-state index is 13.4. The molecule has 0 spiro atoms. The van der Waals surface area contributed by atoms with Crippen LogP contribution in [0.4, 0.5) is 4.39 Å². The highest BCUT2D eigenvalue weighted by molar-refractivity contribution is 5.98. The van der Waals surface area contributed by atoms with E-state index in [4.69, 9.17) is 0 Å². The fourth-order valence-corrected chi connectivity index (χ4v) is 2.03. The highest BCUT2D eigenvalue weighted by Crippen LogP contribution is 2.09. The largest absolute Gasteiger partial charge is 0.343 e. The molecule has 0 aliphatic carbocycles. The molecule has 25 heavy (non-hydrogen) atoms. The number of amides is 3. The number of hydrazine groups is 1. The Balaban J connectivity index is 1.82. The van der Waals surface area contributed by atoms with Crippen molar-refractivity contribution in [3.63, 3.8) is 0 Å². The van der Waals surface area contributed by atoms with Crippen LogP contribution in [0.5, 0.6) is 0 Å². The molecule has 7 heteroatoms. The molecule has 0 fully saturated rings. The van der Waals surface area contributed by atoms with E-state index in [2.05, 4.69) is 16.2 Å². The third-order valence-electron chi connectivity index (χ3n) is 3.61. The van der Waals surface area contributed by atoms with Gasteiger partial charge in [0, 0.05) is 5.56 Å². The van der Waals surface area contributed by atoms with Crippen LogP contribution >= 0.6 is 0 Å². The minimum atomic E-state index is -0.785. The summed E-state index contributed by atoms with van der Waals surface area (Å²) in [5, 5.41) is 2.44. The van der Waals surface area contributed by atoms with Gasteiger partial charge in [-0.25, -0.2) is 4.39 Å². The zero-order valence-electron chi connectivity index (χ0n) is 13.9. The summed E-state index contributed by atoms with van der Waals surface area (Å²) in [5.41, 5.74) is 6.48. The van der Waals surface area contributed by atoms with Crippen LogP contribution in [-0.2, 0) is 4.79 Å². The van der Waals surface area contributed by atoms with Crippen molar-refractivity contribution in [2.45, 2.75) is 13.8 Å². The van der Waals surface area contributed by atoms with Gasteiger partial charge in [-0.05, 0) is 49.2 Å². The van der Waals surface area contributed by atoms with Crippen LogP contribution in [0.15, 0.2) is 42.5 Å². The number of aryl methyl sites for hydroxylation is 2. The van der Waals surface area contributed by atoms with Crippen molar-refractivity contribution in [3.8, 4) is 0 Å². The van der Waals surface area contributed by atoms with Gasteiger partial charge in [-0.1, -0.05) is 18.2 Å². The third kappa shape index (κ3) is 4.87. The Morgan fingerprint density at radius 1 is 0.920 bits per heavy atom. The van der Waals surface area contributed by atoms with E-state index in [1.54, 1.807) is 12.1 Å². The predicted molar refractivity (Wildman–Crippen MR) is 90.3 cm³/mol. The van der Waals surface area contributed by atoms with E-state index in [1.165, 1.54) is 18.2 Å². The fraction of sp³-hybridized carbons (Fsp3) is 0.167. The summed E-state index contributed by atoms with van der Waals surface area (Å²) in [6.45, 7) is 3.49. The number of rotatable bonds is 4. The van der Waals surface area contributed by atoms with Gasteiger partial charge in [0.1, 0.15) is 5.82 Å². The molecule has 0 aromatic heterocycles. The molecule has 0 atom stereocenters. The summed E-state index contributed by atoms with van der Waals surface area (Å²) in [6.07, 6.45) is 0. The van der Waals surface area contributed by atoms with Gasteiger partial charge in [0.2, 0.25) is 0 Å². The Morgan fingerprint density at radius 2 is 1.64 bits per heavy atom. The molecule has 2 aromatic rings. The fourth-order valence-electron chi connectivity index (χ4n) is 2.03. The smallest absolute Gasteiger partial charge is 0.272 e. The molecule has 0 aliphatic heterocycles. The second-order valence-electron chi connectivity index (χ2n) is 5.46. The number of nitrogens with one attached hydrogen (secondary N) is 3. The van der Waals surface area contributed by atoms with E-state index < -0.39 is 23.5 Å². The lowest BCUT2D eigenvalue weighted by Crippen LogP contribution is -2.46. The van der Waals surface area contributed by atoms with Crippen LogP contribution in [0.1, 0.15) is 31.8 Å². The number of hydrogen-bond acceptors (Lipinski definition) is 3. The van der Waals surface area contributed by atoms with E-state index in [0.29, 0.717) is 5.56 Å². The van der Waals surface area contributed by atoms with E-state index in [1.807, 2.05) is 19.9 Å². The van der Waals surface area contributed by atoms with E-state index in [0.717, 1.165) is 17.2 Å². The Kier molecular flexibility index (Phi) is 5.84. The number of halogens is 1. The van der Waals surface area contributed by atoms with Crippen LogP contribution in [0.3, 0.4) is 0 Å². The molecule has 130 valence electrons. The second kappa shape index (κ2) is 8.05. The van der Waals surface area contributed by atoms with Gasteiger partial charge < -0.3 is 5.32 Å². The molecule has 2 rings (SSSR count). The maximum absolute atomic E-state index is 13.4. The monoisotopic (exact) mass is 343 g/mol. The Morgan fingerprint density at radius 3 is 2.32 bits per heavy atom. The van der Waals surface area contributed by atoms with Gasteiger partial charge in [-0.2, -0.15) is 0 Å². The quantitative estimate of drug-likeness (QED) is 0.738. The standard InChI is InChI=1S/C18H18FN3O3/c1-11-7-8-13(9-12(11)2)17(24)20-10-16(23)21-22-18(25)14-5-3-4-6-15(14)19/h3-9H,10H2,1-2H3,(H,20,24)(H,21,23)(H,22,25). The van der Waals surface area contributed by atoms with Crippen LogP contribution in [0, 0.1) is 19.7 Å². The second-order valence-corrected chi connectivity index (χ2v) is 5.46.